The number of hydrogen-bond acceptors (Lipinski definition) is 3. The predicted molar refractivity (Wildman–Crippen MR) is 71.2 cm³/mol. The highest BCUT2D eigenvalue weighted by Crippen LogP contribution is 2.34. The highest BCUT2D eigenvalue weighted by Gasteiger charge is 2.33. The summed E-state index contributed by atoms with van der Waals surface area (Å²) in [6.45, 7) is 0.875. The number of hydrogen-bond donors (Lipinski definition) is 0. The van der Waals surface area contributed by atoms with Crippen molar-refractivity contribution in [1.29, 1.82) is 0 Å². The van der Waals surface area contributed by atoms with E-state index >= 15 is 0 Å². The maximum atomic E-state index is 12.8. The number of amides is 1. The van der Waals surface area contributed by atoms with Crippen molar-refractivity contribution in [3.8, 4) is 0 Å². The van der Waals surface area contributed by atoms with Crippen LogP contribution in [0.1, 0.15) is 34.0 Å². The summed E-state index contributed by atoms with van der Waals surface area (Å²) < 4.78 is 42.9. The smallest absolute Gasteiger partial charge is 0.364 e. The average molecular weight is 310 g/mol. The van der Waals surface area contributed by atoms with E-state index in [1.54, 1.807) is 11.0 Å². The molecule has 1 saturated heterocycles. The van der Waals surface area contributed by atoms with Crippen molar-refractivity contribution >= 4 is 5.91 Å². The average Bonchev–Trinajstić information content (AvgIpc) is 3.17. The minimum atomic E-state index is -4.36. The molecule has 1 aromatic heterocycles. The van der Waals surface area contributed by atoms with Crippen molar-refractivity contribution in [3.05, 3.63) is 53.4 Å². The first-order valence-electron chi connectivity index (χ1n) is 6.82. The lowest BCUT2D eigenvalue weighted by Crippen LogP contribution is -2.28. The van der Waals surface area contributed by atoms with E-state index in [9.17, 15) is 18.0 Å². The van der Waals surface area contributed by atoms with Crippen LogP contribution < -0.4 is 0 Å². The molecule has 1 unspecified atom stereocenters. The third-order valence-electron chi connectivity index (χ3n) is 3.82. The van der Waals surface area contributed by atoms with Crippen LogP contribution >= 0.6 is 0 Å². The van der Waals surface area contributed by atoms with E-state index < -0.39 is 11.7 Å². The molecule has 0 spiro atoms. The van der Waals surface area contributed by atoms with Gasteiger partial charge in [0, 0.05) is 25.1 Å². The number of carbonyl (C=O) groups excluding carboxylic acids is 1. The van der Waals surface area contributed by atoms with Crippen LogP contribution in [-0.2, 0) is 6.18 Å². The van der Waals surface area contributed by atoms with Crippen molar-refractivity contribution in [1.82, 2.24) is 10.1 Å². The highest BCUT2D eigenvalue weighted by molar-refractivity contribution is 5.92. The van der Waals surface area contributed by atoms with E-state index in [0.29, 0.717) is 25.1 Å². The largest absolute Gasteiger partial charge is 0.416 e. The Morgan fingerprint density at radius 1 is 1.32 bits per heavy atom. The summed E-state index contributed by atoms with van der Waals surface area (Å²) in [6.07, 6.45) is -2.41. The van der Waals surface area contributed by atoms with Crippen LogP contribution in [0.4, 0.5) is 13.2 Å². The molecule has 0 saturated carbocycles. The number of aromatic nitrogens is 1. The van der Waals surface area contributed by atoms with E-state index in [1.165, 1.54) is 18.4 Å². The molecule has 0 bridgehead atoms. The van der Waals surface area contributed by atoms with E-state index in [4.69, 9.17) is 0 Å². The summed E-state index contributed by atoms with van der Waals surface area (Å²) >= 11 is 0. The minimum Gasteiger partial charge on any atom is -0.364 e. The summed E-state index contributed by atoms with van der Waals surface area (Å²) in [5.41, 5.74) is 0.154. The second-order valence-electron chi connectivity index (χ2n) is 5.24. The minimum absolute atomic E-state index is 0.0989. The van der Waals surface area contributed by atoms with Gasteiger partial charge in [-0.15, -0.1) is 0 Å². The van der Waals surface area contributed by atoms with Gasteiger partial charge < -0.3 is 9.42 Å². The number of halogens is 3. The summed E-state index contributed by atoms with van der Waals surface area (Å²) in [5, 5.41) is 3.59. The Labute approximate surface area is 124 Å². The van der Waals surface area contributed by atoms with Crippen LogP contribution in [0.15, 0.2) is 41.1 Å². The Kier molecular flexibility index (Phi) is 3.64. The summed E-state index contributed by atoms with van der Waals surface area (Å²) in [4.78, 5) is 13.7. The molecule has 1 aliphatic heterocycles. The van der Waals surface area contributed by atoms with Crippen molar-refractivity contribution in [2.75, 3.05) is 13.1 Å². The van der Waals surface area contributed by atoms with Crippen molar-refractivity contribution in [2.24, 2.45) is 0 Å². The number of alkyl halides is 3. The van der Waals surface area contributed by atoms with Crippen LogP contribution in [0.3, 0.4) is 0 Å². The van der Waals surface area contributed by atoms with Crippen LogP contribution in [0.2, 0.25) is 0 Å². The molecule has 1 atom stereocenters. The second-order valence-corrected chi connectivity index (χ2v) is 5.24. The zero-order valence-electron chi connectivity index (χ0n) is 11.5. The first-order chi connectivity index (χ1) is 10.4. The topological polar surface area (TPSA) is 46.3 Å². The molecule has 1 amide bonds. The summed E-state index contributed by atoms with van der Waals surface area (Å²) in [7, 11) is 0. The fraction of sp³-hybridized carbons (Fsp3) is 0.333. The van der Waals surface area contributed by atoms with E-state index in [1.807, 2.05) is 0 Å². The Hall–Kier alpha value is -2.31. The fourth-order valence-electron chi connectivity index (χ4n) is 2.67. The predicted octanol–water partition coefficient (Wildman–Crippen LogP) is 3.32. The summed E-state index contributed by atoms with van der Waals surface area (Å²) in [6, 6.07) is 6.76. The van der Waals surface area contributed by atoms with Crippen LogP contribution in [0.25, 0.3) is 0 Å². The fourth-order valence-corrected chi connectivity index (χ4v) is 2.67. The standard InChI is InChI=1S/C15H13F3N2O2/c16-15(17,18)12-3-1-2-10(8-12)11-4-6-20(9-11)14(21)13-5-7-22-19-13/h1-3,5,7-8,11H,4,6,9H2. The van der Waals surface area contributed by atoms with Gasteiger partial charge in [-0.3, -0.25) is 4.79 Å². The Morgan fingerprint density at radius 3 is 2.82 bits per heavy atom. The van der Waals surface area contributed by atoms with Gasteiger partial charge in [-0.05, 0) is 18.1 Å². The van der Waals surface area contributed by atoms with Gasteiger partial charge in [0.25, 0.3) is 5.91 Å². The molecule has 3 rings (SSSR count). The molecule has 7 heteroatoms. The molecule has 116 valence electrons. The molecule has 1 fully saturated rings. The lowest BCUT2D eigenvalue weighted by molar-refractivity contribution is -0.137. The molecule has 0 N–H and O–H groups in total. The molecule has 4 nitrogen and oxygen atoms in total. The van der Waals surface area contributed by atoms with E-state index in [2.05, 4.69) is 9.68 Å². The Morgan fingerprint density at radius 2 is 2.14 bits per heavy atom. The van der Waals surface area contributed by atoms with Gasteiger partial charge in [0.05, 0.1) is 5.56 Å². The van der Waals surface area contributed by atoms with Gasteiger partial charge in [0.15, 0.2) is 5.69 Å². The monoisotopic (exact) mass is 310 g/mol. The summed E-state index contributed by atoms with van der Waals surface area (Å²) in [5.74, 6) is -0.360. The quantitative estimate of drug-likeness (QED) is 0.855. The van der Waals surface area contributed by atoms with Crippen LogP contribution in [0.5, 0.6) is 0 Å². The second kappa shape index (κ2) is 5.47. The zero-order chi connectivity index (χ0) is 15.7. The van der Waals surface area contributed by atoms with Crippen LogP contribution in [-0.4, -0.2) is 29.1 Å². The zero-order valence-corrected chi connectivity index (χ0v) is 11.5. The van der Waals surface area contributed by atoms with Crippen LogP contribution in [0, 0.1) is 0 Å². The van der Waals surface area contributed by atoms with E-state index in [0.717, 1.165) is 12.1 Å². The SMILES string of the molecule is O=C(c1ccon1)N1CCC(c2cccc(C(F)(F)F)c2)C1. The molecule has 0 radical (unpaired) electrons. The Balaban J connectivity index is 1.74. The number of rotatable bonds is 2. The molecule has 22 heavy (non-hydrogen) atoms. The number of benzene rings is 1. The van der Waals surface area contributed by atoms with Gasteiger partial charge >= 0.3 is 6.18 Å². The third kappa shape index (κ3) is 2.84. The first kappa shape index (κ1) is 14.6. The first-order valence-corrected chi connectivity index (χ1v) is 6.82. The number of likely N-dealkylation sites (tertiary alicyclic amines) is 1. The molecule has 1 aliphatic rings. The van der Waals surface area contributed by atoms with Crippen molar-refractivity contribution in [3.63, 3.8) is 0 Å². The third-order valence-corrected chi connectivity index (χ3v) is 3.82. The lowest BCUT2D eigenvalue weighted by atomic mass is 9.96. The normalized spacial score (nSPS) is 18.7. The number of carbonyl (C=O) groups is 1. The molecule has 1 aromatic carbocycles. The van der Waals surface area contributed by atoms with Gasteiger partial charge in [0.1, 0.15) is 6.26 Å². The highest BCUT2D eigenvalue weighted by atomic mass is 19.4. The molecule has 2 aromatic rings. The Bertz CT molecular complexity index is 668. The maximum absolute atomic E-state index is 12.8. The van der Waals surface area contributed by atoms with Crippen molar-refractivity contribution < 1.29 is 22.5 Å². The van der Waals surface area contributed by atoms with Crippen molar-refractivity contribution in [2.45, 2.75) is 18.5 Å². The lowest BCUT2D eigenvalue weighted by Gasteiger charge is -2.16. The van der Waals surface area contributed by atoms with E-state index in [-0.39, 0.29) is 17.5 Å². The van der Waals surface area contributed by atoms with Gasteiger partial charge in [-0.2, -0.15) is 13.2 Å². The van der Waals surface area contributed by atoms with Gasteiger partial charge in [-0.1, -0.05) is 23.4 Å². The molecular formula is C15H13F3N2O2. The molecule has 0 aliphatic carbocycles. The maximum Gasteiger partial charge on any atom is 0.416 e. The molecule has 2 heterocycles. The number of nitrogens with zero attached hydrogens (tertiary/aromatic N) is 2. The van der Waals surface area contributed by atoms with Gasteiger partial charge in [-0.25, -0.2) is 0 Å². The van der Waals surface area contributed by atoms with Gasteiger partial charge in [0.2, 0.25) is 0 Å². The molecular weight excluding hydrogens is 297 g/mol.